The van der Waals surface area contributed by atoms with Gasteiger partial charge >= 0.3 is 5.97 Å². The fourth-order valence-electron chi connectivity index (χ4n) is 4.62. The van der Waals surface area contributed by atoms with Gasteiger partial charge in [0.25, 0.3) is 0 Å². The van der Waals surface area contributed by atoms with Gasteiger partial charge in [-0.1, -0.05) is 42.0 Å². The molecule has 0 unspecified atom stereocenters. The van der Waals surface area contributed by atoms with Crippen LogP contribution in [0.3, 0.4) is 0 Å². The van der Waals surface area contributed by atoms with E-state index in [-0.39, 0.29) is 46.8 Å². The number of amides is 2. The zero-order valence-corrected chi connectivity index (χ0v) is 15.5. The van der Waals surface area contributed by atoms with Gasteiger partial charge in [-0.15, -0.1) is 0 Å². The van der Waals surface area contributed by atoms with Crippen molar-refractivity contribution in [3.8, 4) is 5.75 Å². The Labute approximate surface area is 166 Å². The first-order valence-electron chi connectivity index (χ1n) is 9.17. The summed E-state index contributed by atoms with van der Waals surface area (Å²) in [4.78, 5) is 39.6. The lowest BCUT2D eigenvalue weighted by atomic mass is 9.85. The number of ether oxygens (including phenoxy) is 1. The first-order valence-corrected chi connectivity index (χ1v) is 9.55. The molecule has 140 valence electrons. The molecule has 1 aliphatic heterocycles. The van der Waals surface area contributed by atoms with Gasteiger partial charge in [-0.25, -0.2) is 9.69 Å². The lowest BCUT2D eigenvalue weighted by Gasteiger charge is -2.18. The predicted octanol–water partition coefficient (Wildman–Crippen LogP) is 3.87. The SMILES string of the molecule is O=C(Oc1ccccc1Cl)c1cccc(N2C(=O)[C@H]3[C@H](C2=O)[C@H]2C=C[C@H]3C2)c1. The molecule has 5 nitrogen and oxygen atoms in total. The number of esters is 1. The second kappa shape index (κ2) is 6.31. The van der Waals surface area contributed by atoms with Gasteiger partial charge in [0.15, 0.2) is 0 Å². The predicted molar refractivity (Wildman–Crippen MR) is 103 cm³/mol. The minimum Gasteiger partial charge on any atom is -0.421 e. The van der Waals surface area contributed by atoms with Crippen molar-refractivity contribution in [2.75, 3.05) is 4.90 Å². The Bertz CT molecular complexity index is 1020. The summed E-state index contributed by atoms with van der Waals surface area (Å²) in [6, 6.07) is 13.1. The molecule has 2 fully saturated rings. The van der Waals surface area contributed by atoms with Crippen LogP contribution in [0.1, 0.15) is 16.8 Å². The number of benzene rings is 2. The highest BCUT2D eigenvalue weighted by atomic mass is 35.5. The maximum absolute atomic E-state index is 12.9. The van der Waals surface area contributed by atoms with Crippen LogP contribution >= 0.6 is 11.6 Å². The van der Waals surface area contributed by atoms with Crippen LogP contribution in [0.5, 0.6) is 5.75 Å². The van der Waals surface area contributed by atoms with Crippen LogP contribution in [0, 0.1) is 23.7 Å². The van der Waals surface area contributed by atoms with E-state index in [1.165, 1.54) is 11.0 Å². The van der Waals surface area contributed by atoms with Gasteiger partial charge in [0.2, 0.25) is 11.8 Å². The molecular weight excluding hydrogens is 378 g/mol. The zero-order valence-electron chi connectivity index (χ0n) is 14.7. The third-order valence-electron chi connectivity index (χ3n) is 5.85. The zero-order chi connectivity index (χ0) is 19.4. The molecule has 5 rings (SSSR count). The van der Waals surface area contributed by atoms with Crippen LogP contribution in [0.25, 0.3) is 0 Å². The lowest BCUT2D eigenvalue weighted by Crippen LogP contribution is -2.33. The fraction of sp³-hybridized carbons (Fsp3) is 0.227. The topological polar surface area (TPSA) is 63.7 Å². The van der Waals surface area contributed by atoms with Crippen LogP contribution in [0.2, 0.25) is 5.02 Å². The van der Waals surface area contributed by atoms with Crippen molar-refractivity contribution in [1.82, 2.24) is 0 Å². The summed E-state index contributed by atoms with van der Waals surface area (Å²) < 4.78 is 5.35. The van der Waals surface area contributed by atoms with Crippen molar-refractivity contribution in [2.45, 2.75) is 6.42 Å². The highest BCUT2D eigenvalue weighted by molar-refractivity contribution is 6.32. The van der Waals surface area contributed by atoms with E-state index in [9.17, 15) is 14.4 Å². The van der Waals surface area contributed by atoms with Gasteiger partial charge in [-0.3, -0.25) is 9.59 Å². The molecule has 0 aromatic heterocycles. The van der Waals surface area contributed by atoms with Gasteiger partial charge < -0.3 is 4.74 Å². The molecule has 1 heterocycles. The number of para-hydroxylation sites is 1. The third-order valence-corrected chi connectivity index (χ3v) is 6.16. The van der Waals surface area contributed by atoms with Crippen molar-refractivity contribution >= 4 is 35.1 Å². The normalized spacial score (nSPS) is 27.4. The standard InChI is InChI=1S/C22H16ClNO4/c23-16-6-1-2-7-17(16)28-22(27)14-4-3-5-15(11-14)24-20(25)18-12-8-9-13(10-12)19(18)21(24)26/h1-9,11-13,18-19H,10H2/t12-,13-,18+,19+/m0/s1. The molecule has 2 amide bonds. The van der Waals surface area contributed by atoms with Crippen LogP contribution < -0.4 is 9.64 Å². The number of hydrogen-bond donors (Lipinski definition) is 0. The van der Waals surface area contributed by atoms with Gasteiger partial charge in [0, 0.05) is 0 Å². The summed E-state index contributed by atoms with van der Waals surface area (Å²) in [5.74, 6) is -0.967. The monoisotopic (exact) mass is 393 g/mol. The molecule has 28 heavy (non-hydrogen) atoms. The number of nitrogens with zero attached hydrogens (tertiary/aromatic N) is 1. The molecular formula is C22H16ClNO4. The molecule has 2 aliphatic carbocycles. The maximum Gasteiger partial charge on any atom is 0.343 e. The highest BCUT2D eigenvalue weighted by Gasteiger charge is 2.59. The quantitative estimate of drug-likeness (QED) is 0.343. The number of anilines is 1. The smallest absolute Gasteiger partial charge is 0.343 e. The van der Waals surface area contributed by atoms with Gasteiger partial charge in [-0.05, 0) is 48.6 Å². The lowest BCUT2D eigenvalue weighted by molar-refractivity contribution is -0.123. The second-order valence-electron chi connectivity index (χ2n) is 7.38. The maximum atomic E-state index is 12.9. The Morgan fingerprint density at radius 3 is 2.32 bits per heavy atom. The number of fused-ring (bicyclic) bond motifs is 5. The Morgan fingerprint density at radius 1 is 0.964 bits per heavy atom. The van der Waals surface area contributed by atoms with E-state index in [0.717, 1.165) is 6.42 Å². The Morgan fingerprint density at radius 2 is 1.64 bits per heavy atom. The molecule has 0 spiro atoms. The van der Waals surface area contributed by atoms with E-state index in [4.69, 9.17) is 16.3 Å². The minimum absolute atomic E-state index is 0.143. The Kier molecular flexibility index (Phi) is 3.88. The molecule has 2 bridgehead atoms. The average Bonchev–Trinajstić information content (AvgIpc) is 3.37. The minimum atomic E-state index is -0.601. The van der Waals surface area contributed by atoms with Crippen molar-refractivity contribution in [3.05, 3.63) is 71.3 Å². The van der Waals surface area contributed by atoms with E-state index >= 15 is 0 Å². The number of carbonyl (C=O) groups excluding carboxylic acids is 3. The third kappa shape index (κ3) is 2.50. The summed E-state index contributed by atoms with van der Waals surface area (Å²) in [6.07, 6.45) is 4.99. The number of carbonyl (C=O) groups is 3. The molecule has 3 aliphatic rings. The number of allylic oxidation sites excluding steroid dienone is 2. The van der Waals surface area contributed by atoms with Gasteiger partial charge in [0.1, 0.15) is 5.75 Å². The van der Waals surface area contributed by atoms with Crippen molar-refractivity contribution < 1.29 is 19.1 Å². The fourth-order valence-corrected chi connectivity index (χ4v) is 4.79. The summed E-state index contributed by atoms with van der Waals surface area (Å²) >= 11 is 6.04. The van der Waals surface area contributed by atoms with Crippen molar-refractivity contribution in [1.29, 1.82) is 0 Å². The molecule has 2 aromatic rings. The first-order chi connectivity index (χ1) is 13.5. The van der Waals surface area contributed by atoms with E-state index in [1.54, 1.807) is 42.5 Å². The Hall–Kier alpha value is -2.92. The molecule has 6 heteroatoms. The largest absolute Gasteiger partial charge is 0.421 e. The average molecular weight is 394 g/mol. The van der Waals surface area contributed by atoms with Gasteiger partial charge in [-0.2, -0.15) is 0 Å². The van der Waals surface area contributed by atoms with Crippen LogP contribution in [0.4, 0.5) is 5.69 Å². The highest BCUT2D eigenvalue weighted by Crippen LogP contribution is 2.53. The first kappa shape index (κ1) is 17.2. The number of halogens is 1. The van der Waals surface area contributed by atoms with E-state index in [2.05, 4.69) is 12.2 Å². The summed E-state index contributed by atoms with van der Waals surface area (Å²) in [6.45, 7) is 0. The molecule has 1 saturated carbocycles. The molecule has 1 saturated heterocycles. The summed E-state index contributed by atoms with van der Waals surface area (Å²) in [5, 5.41) is 0.327. The van der Waals surface area contributed by atoms with E-state index in [0.29, 0.717) is 10.7 Å². The van der Waals surface area contributed by atoms with E-state index < -0.39 is 5.97 Å². The van der Waals surface area contributed by atoms with Crippen molar-refractivity contribution in [2.24, 2.45) is 23.7 Å². The van der Waals surface area contributed by atoms with Crippen LogP contribution in [0.15, 0.2) is 60.7 Å². The molecule has 0 N–H and O–H groups in total. The van der Waals surface area contributed by atoms with Crippen LogP contribution in [-0.2, 0) is 9.59 Å². The molecule has 4 atom stereocenters. The van der Waals surface area contributed by atoms with Crippen molar-refractivity contribution in [3.63, 3.8) is 0 Å². The Balaban J connectivity index is 1.42. The summed E-state index contributed by atoms with van der Waals surface area (Å²) in [5.41, 5.74) is 0.647. The van der Waals surface area contributed by atoms with Crippen LogP contribution in [-0.4, -0.2) is 17.8 Å². The number of imide groups is 1. The number of rotatable bonds is 3. The number of hydrogen-bond acceptors (Lipinski definition) is 4. The van der Waals surface area contributed by atoms with Gasteiger partial charge in [0.05, 0.1) is 28.1 Å². The second-order valence-corrected chi connectivity index (χ2v) is 7.79. The molecule has 2 aromatic carbocycles. The van der Waals surface area contributed by atoms with E-state index in [1.807, 2.05) is 0 Å². The summed E-state index contributed by atoms with van der Waals surface area (Å²) in [7, 11) is 0. The molecule has 0 radical (unpaired) electrons.